The highest BCUT2D eigenvalue weighted by molar-refractivity contribution is 6.42. The van der Waals surface area contributed by atoms with Crippen LogP contribution in [0.4, 0.5) is 5.69 Å². The minimum atomic E-state index is -1.19. The van der Waals surface area contributed by atoms with Gasteiger partial charge in [0.25, 0.3) is 6.23 Å². The number of nitrogens with zero attached hydrogens (tertiary/aromatic N) is 1. The highest BCUT2D eigenvalue weighted by Gasteiger charge is 2.41. The van der Waals surface area contributed by atoms with Crippen LogP contribution in [0.15, 0.2) is 12.1 Å². The molecule has 0 bridgehead atoms. The molecular formula is C10H8Cl2N3O2+. The Labute approximate surface area is 107 Å². The van der Waals surface area contributed by atoms with Gasteiger partial charge in [-0.25, -0.2) is 20.0 Å². The Kier molecular flexibility index (Phi) is 2.29. The number of aliphatic hydroxyl groups is 1. The summed E-state index contributed by atoms with van der Waals surface area (Å²) in [5.41, 5.74) is 1.54. The third-order valence-electron chi connectivity index (χ3n) is 2.84. The number of halogens is 2. The summed E-state index contributed by atoms with van der Waals surface area (Å²) in [7, 11) is 0. The monoisotopic (exact) mass is 272 g/mol. The zero-order valence-corrected chi connectivity index (χ0v) is 10.0. The van der Waals surface area contributed by atoms with E-state index in [2.05, 4.69) is 10.6 Å². The van der Waals surface area contributed by atoms with Crippen LogP contribution in [0.2, 0.25) is 10.0 Å². The Bertz CT molecular complexity index is 571. The van der Waals surface area contributed by atoms with Crippen LogP contribution >= 0.6 is 23.2 Å². The number of guanidine groups is 1. The van der Waals surface area contributed by atoms with Gasteiger partial charge in [-0.15, -0.1) is 0 Å². The van der Waals surface area contributed by atoms with Gasteiger partial charge in [-0.2, -0.15) is 0 Å². The molecule has 5 nitrogen and oxygen atoms in total. The fraction of sp³-hybridized carbons (Fsp3) is 0.200. The van der Waals surface area contributed by atoms with Gasteiger partial charge < -0.3 is 5.11 Å². The van der Waals surface area contributed by atoms with Crippen LogP contribution in [0.5, 0.6) is 0 Å². The van der Waals surface area contributed by atoms with E-state index < -0.39 is 12.1 Å². The van der Waals surface area contributed by atoms with E-state index in [0.717, 1.165) is 11.3 Å². The summed E-state index contributed by atoms with van der Waals surface area (Å²) in [6.45, 7) is 0.330. The predicted octanol–water partition coefficient (Wildman–Crippen LogP) is 0.736. The Morgan fingerprint density at radius 3 is 2.88 bits per heavy atom. The topological polar surface area (TPSA) is 64.4 Å². The highest BCUT2D eigenvalue weighted by atomic mass is 35.5. The number of anilines is 1. The molecule has 0 fully saturated rings. The molecule has 1 unspecified atom stereocenters. The van der Waals surface area contributed by atoms with E-state index in [-0.39, 0.29) is 0 Å². The molecule has 0 aliphatic carbocycles. The van der Waals surface area contributed by atoms with Gasteiger partial charge in [-0.05, 0) is 12.1 Å². The van der Waals surface area contributed by atoms with Crippen molar-refractivity contribution in [3.8, 4) is 0 Å². The third-order valence-corrected chi connectivity index (χ3v) is 3.68. The lowest BCUT2D eigenvalue weighted by Gasteiger charge is -2.17. The SMILES string of the molecule is O=C1NC2=[N+](Cc3c(ccc(Cl)c3Cl)N2)C1O. The van der Waals surface area contributed by atoms with Crippen molar-refractivity contribution in [1.82, 2.24) is 5.32 Å². The minimum absolute atomic E-state index is 0.330. The number of benzene rings is 1. The van der Waals surface area contributed by atoms with E-state index in [4.69, 9.17) is 23.2 Å². The van der Waals surface area contributed by atoms with Crippen molar-refractivity contribution < 1.29 is 14.5 Å². The smallest absolute Gasteiger partial charge is 0.353 e. The van der Waals surface area contributed by atoms with E-state index >= 15 is 0 Å². The normalized spacial score (nSPS) is 21.8. The van der Waals surface area contributed by atoms with Gasteiger partial charge in [0, 0.05) is 5.56 Å². The maximum absolute atomic E-state index is 11.3. The predicted molar refractivity (Wildman–Crippen MR) is 63.2 cm³/mol. The maximum Gasteiger partial charge on any atom is 0.361 e. The van der Waals surface area contributed by atoms with Crippen molar-refractivity contribution in [3.05, 3.63) is 27.7 Å². The van der Waals surface area contributed by atoms with E-state index in [9.17, 15) is 9.90 Å². The molecule has 17 heavy (non-hydrogen) atoms. The Balaban J connectivity index is 2.07. The molecule has 0 saturated carbocycles. The number of amides is 1. The average Bonchev–Trinajstić information content (AvgIpc) is 2.58. The van der Waals surface area contributed by atoms with Crippen molar-refractivity contribution in [2.24, 2.45) is 0 Å². The number of hydrogen-bond acceptors (Lipinski definition) is 3. The van der Waals surface area contributed by atoms with Crippen LogP contribution in [-0.4, -0.2) is 27.8 Å². The van der Waals surface area contributed by atoms with Crippen LogP contribution < -0.4 is 10.6 Å². The zero-order valence-electron chi connectivity index (χ0n) is 8.50. The summed E-state index contributed by atoms with van der Waals surface area (Å²) < 4.78 is 1.49. The minimum Gasteiger partial charge on any atom is -0.353 e. The first kappa shape index (κ1) is 10.8. The molecule has 7 heteroatoms. The molecule has 2 aliphatic heterocycles. The maximum atomic E-state index is 11.3. The second-order valence-electron chi connectivity index (χ2n) is 3.85. The largest absolute Gasteiger partial charge is 0.361 e. The van der Waals surface area contributed by atoms with Gasteiger partial charge in [0.2, 0.25) is 0 Å². The van der Waals surface area contributed by atoms with Crippen molar-refractivity contribution in [2.45, 2.75) is 12.8 Å². The molecule has 2 aliphatic rings. The van der Waals surface area contributed by atoms with Gasteiger partial charge in [0.1, 0.15) is 5.69 Å². The van der Waals surface area contributed by atoms with Gasteiger partial charge >= 0.3 is 11.9 Å². The van der Waals surface area contributed by atoms with Gasteiger partial charge in [-0.3, -0.25) is 0 Å². The fourth-order valence-electron chi connectivity index (χ4n) is 1.95. The second kappa shape index (κ2) is 3.60. The van der Waals surface area contributed by atoms with Gasteiger partial charge in [0.15, 0.2) is 0 Å². The Morgan fingerprint density at radius 1 is 1.35 bits per heavy atom. The summed E-state index contributed by atoms with van der Waals surface area (Å²) in [6, 6.07) is 3.46. The molecule has 1 aromatic carbocycles. The molecule has 0 aromatic heterocycles. The lowest BCUT2D eigenvalue weighted by molar-refractivity contribution is -0.602. The molecule has 1 amide bonds. The summed E-state index contributed by atoms with van der Waals surface area (Å²) in [5.74, 6) is 0.0101. The van der Waals surface area contributed by atoms with Crippen LogP contribution in [0, 0.1) is 0 Å². The molecule has 1 aromatic rings. The number of aliphatic hydroxyl groups excluding tert-OH is 1. The van der Waals surface area contributed by atoms with Crippen molar-refractivity contribution >= 4 is 40.8 Å². The molecule has 2 heterocycles. The lowest BCUT2D eigenvalue weighted by atomic mass is 10.1. The molecule has 3 rings (SSSR count). The van der Waals surface area contributed by atoms with Crippen molar-refractivity contribution in [1.29, 1.82) is 0 Å². The van der Waals surface area contributed by atoms with Crippen LogP contribution in [-0.2, 0) is 11.3 Å². The first-order valence-electron chi connectivity index (χ1n) is 4.94. The molecule has 3 N–H and O–H groups in total. The number of carbonyl (C=O) groups is 1. The van der Waals surface area contributed by atoms with Crippen molar-refractivity contribution in [3.63, 3.8) is 0 Å². The number of rotatable bonds is 0. The van der Waals surface area contributed by atoms with E-state index in [1.807, 2.05) is 0 Å². The molecular weight excluding hydrogens is 265 g/mol. The summed E-state index contributed by atoms with van der Waals surface area (Å²) in [6.07, 6.45) is -1.19. The molecule has 1 atom stereocenters. The van der Waals surface area contributed by atoms with E-state index in [0.29, 0.717) is 22.5 Å². The molecule has 0 saturated heterocycles. The zero-order chi connectivity index (χ0) is 12.2. The third kappa shape index (κ3) is 1.50. The van der Waals surface area contributed by atoms with Crippen molar-refractivity contribution in [2.75, 3.05) is 5.32 Å². The van der Waals surface area contributed by atoms with Crippen LogP contribution in [0.3, 0.4) is 0 Å². The average molecular weight is 273 g/mol. The van der Waals surface area contributed by atoms with Crippen LogP contribution in [0.1, 0.15) is 5.56 Å². The van der Waals surface area contributed by atoms with E-state index in [1.54, 1.807) is 12.1 Å². The standard InChI is InChI=1S/C10H7Cl2N3O2/c11-5-1-2-6-4(7(5)12)3-15-9(17)8(16)14-10(15)13-6/h1-2,9,17H,3H2,(H,13,14,16)/p+1. The number of nitrogens with one attached hydrogen (secondary N) is 2. The summed E-state index contributed by atoms with van der Waals surface area (Å²) in [5, 5.41) is 16.1. The second-order valence-corrected chi connectivity index (χ2v) is 4.64. The fourth-order valence-corrected chi connectivity index (χ4v) is 2.35. The first-order valence-corrected chi connectivity index (χ1v) is 5.70. The van der Waals surface area contributed by atoms with Gasteiger partial charge in [-0.1, -0.05) is 23.2 Å². The summed E-state index contributed by atoms with van der Waals surface area (Å²) >= 11 is 12.0. The Morgan fingerprint density at radius 2 is 2.12 bits per heavy atom. The lowest BCUT2D eigenvalue weighted by Crippen LogP contribution is -2.35. The van der Waals surface area contributed by atoms with Gasteiger partial charge in [0.05, 0.1) is 16.6 Å². The quantitative estimate of drug-likeness (QED) is 0.611. The number of carbonyl (C=O) groups excluding carboxylic acids is 1. The summed E-state index contributed by atoms with van der Waals surface area (Å²) in [4.78, 5) is 11.3. The molecule has 88 valence electrons. The highest BCUT2D eigenvalue weighted by Crippen LogP contribution is 2.34. The van der Waals surface area contributed by atoms with E-state index in [1.165, 1.54) is 4.58 Å². The Hall–Kier alpha value is -1.30. The number of hydrogen-bond donors (Lipinski definition) is 3. The molecule has 0 spiro atoms. The molecule has 0 radical (unpaired) electrons. The number of fused-ring (bicyclic) bond motifs is 1. The first-order chi connectivity index (χ1) is 8.08. The van der Waals surface area contributed by atoms with Crippen LogP contribution in [0.25, 0.3) is 0 Å².